The molecule has 2 aromatic carbocycles. The second-order valence-corrected chi connectivity index (χ2v) is 6.25. The summed E-state index contributed by atoms with van der Waals surface area (Å²) in [6, 6.07) is 10.7. The van der Waals surface area contributed by atoms with Gasteiger partial charge in [0.15, 0.2) is 5.78 Å². The number of nitriles is 1. The highest BCUT2D eigenvalue weighted by Crippen LogP contribution is 2.30. The van der Waals surface area contributed by atoms with Crippen LogP contribution in [-0.4, -0.2) is 15.8 Å². The number of rotatable bonds is 5. The van der Waals surface area contributed by atoms with E-state index < -0.39 is 28.9 Å². The fourth-order valence-electron chi connectivity index (χ4n) is 2.65. The van der Waals surface area contributed by atoms with Crippen LogP contribution in [0.5, 0.6) is 0 Å². The predicted molar refractivity (Wildman–Crippen MR) is 95.4 cm³/mol. The van der Waals surface area contributed by atoms with Gasteiger partial charge in [0.2, 0.25) is 0 Å². The average molecular weight is 399 g/mol. The van der Waals surface area contributed by atoms with Crippen molar-refractivity contribution in [3.8, 4) is 6.07 Å². The van der Waals surface area contributed by atoms with Gasteiger partial charge in [-0.05, 0) is 42.3 Å². The molecule has 0 N–H and O–H groups in total. The molecule has 0 bridgehead atoms. The molecule has 146 valence electrons. The topological polar surface area (TPSA) is 66.6 Å². The van der Waals surface area contributed by atoms with E-state index in [0.717, 1.165) is 11.6 Å². The lowest BCUT2D eigenvalue weighted by atomic mass is 10.0. The molecule has 1 aromatic heterocycles. The molecule has 3 rings (SSSR count). The Kier molecular flexibility index (Phi) is 5.69. The first-order valence-electron chi connectivity index (χ1n) is 8.49. The lowest BCUT2D eigenvalue weighted by Crippen LogP contribution is -2.10. The maximum absolute atomic E-state index is 13.5. The molecule has 0 aliphatic carbocycles. The Morgan fingerprint density at radius 1 is 0.966 bits per heavy atom. The molecule has 0 amide bonds. The Morgan fingerprint density at radius 3 is 2.21 bits per heavy atom. The second-order valence-electron chi connectivity index (χ2n) is 6.25. The monoisotopic (exact) mass is 399 g/mol. The van der Waals surface area contributed by atoms with Crippen LogP contribution in [0.15, 0.2) is 54.9 Å². The van der Waals surface area contributed by atoms with E-state index >= 15 is 0 Å². The number of nitrogens with zero attached hydrogens (tertiary/aromatic N) is 3. The summed E-state index contributed by atoms with van der Waals surface area (Å²) in [4.78, 5) is 20.5. The summed E-state index contributed by atoms with van der Waals surface area (Å²) in [5, 5.41) is 8.79. The quantitative estimate of drug-likeness (QED) is 0.467. The van der Waals surface area contributed by atoms with Gasteiger partial charge in [0.25, 0.3) is 0 Å². The lowest BCUT2D eigenvalue weighted by molar-refractivity contribution is -0.137. The fourth-order valence-corrected chi connectivity index (χ4v) is 2.65. The number of benzene rings is 2. The zero-order valence-corrected chi connectivity index (χ0v) is 14.9. The minimum atomic E-state index is -4.76. The second kappa shape index (κ2) is 8.19. The van der Waals surface area contributed by atoms with E-state index in [2.05, 4.69) is 9.97 Å². The molecule has 0 fully saturated rings. The summed E-state index contributed by atoms with van der Waals surface area (Å²) in [6.45, 7) is 0. The van der Waals surface area contributed by atoms with E-state index in [0.29, 0.717) is 36.4 Å². The highest BCUT2D eigenvalue weighted by Gasteiger charge is 2.32. The van der Waals surface area contributed by atoms with Crippen LogP contribution >= 0.6 is 0 Å². The van der Waals surface area contributed by atoms with Gasteiger partial charge in [0, 0.05) is 24.4 Å². The van der Waals surface area contributed by atoms with E-state index in [1.54, 1.807) is 12.1 Å². The van der Waals surface area contributed by atoms with Gasteiger partial charge >= 0.3 is 6.18 Å². The molecule has 0 atom stereocenters. The predicted octanol–water partition coefficient (Wildman–Crippen LogP) is 4.52. The highest BCUT2D eigenvalue weighted by molar-refractivity contribution is 6.08. The number of ketones is 1. The zero-order valence-electron chi connectivity index (χ0n) is 14.9. The van der Waals surface area contributed by atoms with Crippen molar-refractivity contribution in [2.24, 2.45) is 0 Å². The summed E-state index contributed by atoms with van der Waals surface area (Å²) >= 11 is 0. The molecule has 0 aliphatic heterocycles. The summed E-state index contributed by atoms with van der Waals surface area (Å²) in [5.41, 5.74) is -0.163. The van der Waals surface area contributed by atoms with Crippen molar-refractivity contribution in [1.29, 1.82) is 5.26 Å². The van der Waals surface area contributed by atoms with Gasteiger partial charge in [-0.25, -0.2) is 14.4 Å². The number of carbonyl (C=O) groups excluding carboxylic acids is 1. The minimum absolute atomic E-state index is 0.0363. The Morgan fingerprint density at radius 2 is 1.62 bits per heavy atom. The van der Waals surface area contributed by atoms with Crippen LogP contribution in [0.3, 0.4) is 0 Å². The molecule has 0 spiro atoms. The molecule has 0 saturated carbocycles. The number of aromatic nitrogens is 2. The van der Waals surface area contributed by atoms with E-state index in [1.165, 1.54) is 12.4 Å². The molecule has 1 heterocycles. The third-order valence-electron chi connectivity index (χ3n) is 4.18. The van der Waals surface area contributed by atoms with Gasteiger partial charge in [0.05, 0.1) is 22.8 Å². The maximum atomic E-state index is 13.5. The summed E-state index contributed by atoms with van der Waals surface area (Å²) in [7, 11) is 0. The van der Waals surface area contributed by atoms with Crippen LogP contribution in [0.1, 0.15) is 38.4 Å². The van der Waals surface area contributed by atoms with Crippen LogP contribution < -0.4 is 0 Å². The molecular weight excluding hydrogens is 386 g/mol. The van der Waals surface area contributed by atoms with E-state index in [9.17, 15) is 22.4 Å². The Bertz CT molecular complexity index is 1070. The third-order valence-corrected chi connectivity index (χ3v) is 4.18. The number of carbonyl (C=O) groups is 1. The average Bonchev–Trinajstić information content (AvgIpc) is 2.71. The number of aryl methyl sites for hydroxylation is 2. The SMILES string of the molecule is N#Cc1ccc(CCc2ncc(C(=O)c3cc(F)cc(C(F)(F)F)c3)cn2)cc1. The van der Waals surface area contributed by atoms with Crippen molar-refractivity contribution >= 4 is 5.78 Å². The molecule has 8 heteroatoms. The lowest BCUT2D eigenvalue weighted by Gasteiger charge is -2.09. The van der Waals surface area contributed by atoms with Crippen molar-refractivity contribution in [2.45, 2.75) is 19.0 Å². The van der Waals surface area contributed by atoms with Gasteiger partial charge in [-0.1, -0.05) is 12.1 Å². The molecule has 0 aliphatic rings. The van der Waals surface area contributed by atoms with Crippen molar-refractivity contribution in [3.63, 3.8) is 0 Å². The van der Waals surface area contributed by atoms with Crippen molar-refractivity contribution in [1.82, 2.24) is 9.97 Å². The normalized spacial score (nSPS) is 11.1. The molecule has 0 radical (unpaired) electrons. The number of hydrogen-bond acceptors (Lipinski definition) is 4. The van der Waals surface area contributed by atoms with E-state index in [-0.39, 0.29) is 5.56 Å². The van der Waals surface area contributed by atoms with Crippen LogP contribution in [0.25, 0.3) is 0 Å². The van der Waals surface area contributed by atoms with Crippen molar-refractivity contribution in [2.75, 3.05) is 0 Å². The Labute approximate surface area is 163 Å². The molecular formula is C21H13F4N3O. The molecule has 0 unspecified atom stereocenters. The number of halogens is 4. The Hall–Kier alpha value is -3.60. The highest BCUT2D eigenvalue weighted by atomic mass is 19.4. The van der Waals surface area contributed by atoms with Crippen LogP contribution in [0, 0.1) is 17.1 Å². The number of alkyl halides is 3. The van der Waals surface area contributed by atoms with Crippen molar-refractivity contribution < 1.29 is 22.4 Å². The van der Waals surface area contributed by atoms with Crippen LogP contribution in [-0.2, 0) is 19.0 Å². The molecule has 3 aromatic rings. The standard InChI is InChI=1S/C21H13F4N3O/c22-18-8-15(7-17(9-18)21(23,24)25)20(29)16-11-27-19(28-12-16)6-5-13-1-3-14(10-26)4-2-13/h1-4,7-9,11-12H,5-6H2. The minimum Gasteiger partial charge on any atom is -0.288 e. The van der Waals surface area contributed by atoms with Crippen LogP contribution in [0.2, 0.25) is 0 Å². The first kappa shape index (κ1) is 20.1. The van der Waals surface area contributed by atoms with E-state index in [4.69, 9.17) is 5.26 Å². The van der Waals surface area contributed by atoms with Gasteiger partial charge in [0.1, 0.15) is 11.6 Å². The zero-order chi connectivity index (χ0) is 21.0. The first-order chi connectivity index (χ1) is 13.8. The third kappa shape index (κ3) is 5.02. The maximum Gasteiger partial charge on any atom is 0.416 e. The van der Waals surface area contributed by atoms with Crippen molar-refractivity contribution in [3.05, 3.63) is 94.3 Å². The summed E-state index contributed by atoms with van der Waals surface area (Å²) in [6.07, 6.45) is -1.26. The van der Waals surface area contributed by atoms with Gasteiger partial charge < -0.3 is 0 Å². The summed E-state index contributed by atoms with van der Waals surface area (Å²) in [5.74, 6) is -1.50. The molecule has 0 saturated heterocycles. The van der Waals surface area contributed by atoms with Gasteiger partial charge in [-0.2, -0.15) is 18.4 Å². The van der Waals surface area contributed by atoms with Gasteiger partial charge in [-0.15, -0.1) is 0 Å². The van der Waals surface area contributed by atoms with Crippen LogP contribution in [0.4, 0.5) is 17.6 Å². The van der Waals surface area contributed by atoms with E-state index in [1.807, 2.05) is 18.2 Å². The molecule has 29 heavy (non-hydrogen) atoms. The van der Waals surface area contributed by atoms with Gasteiger partial charge in [-0.3, -0.25) is 4.79 Å². The summed E-state index contributed by atoms with van der Waals surface area (Å²) < 4.78 is 52.0. The molecule has 4 nitrogen and oxygen atoms in total. The Balaban J connectivity index is 1.72. The largest absolute Gasteiger partial charge is 0.416 e. The smallest absolute Gasteiger partial charge is 0.288 e. The fraction of sp³-hybridized carbons (Fsp3) is 0.143. The first-order valence-corrected chi connectivity index (χ1v) is 8.49. The number of hydrogen-bond donors (Lipinski definition) is 0.